The molecular formula is C13H26N2O4Si. The normalized spacial score (nSPS) is 11.3. The zero-order valence-electron chi connectivity index (χ0n) is 12.6. The molecule has 0 heterocycles. The van der Waals surface area contributed by atoms with Gasteiger partial charge in [0.15, 0.2) is 0 Å². The second-order valence-corrected chi connectivity index (χ2v) is 5.95. The number of unbranched alkanes of at least 4 members (excludes halogenated alkanes) is 5. The van der Waals surface area contributed by atoms with E-state index in [0.29, 0.717) is 6.61 Å². The predicted octanol–water partition coefficient (Wildman–Crippen LogP) is 3.98. The number of hydrogen-bond acceptors (Lipinski definition) is 4. The summed E-state index contributed by atoms with van der Waals surface area (Å²) in [4.78, 5) is 22.2. The number of carbonyl (C=O) groups excluding carboxylic acids is 2. The van der Waals surface area contributed by atoms with Gasteiger partial charge in [0.25, 0.3) is 0 Å². The van der Waals surface area contributed by atoms with Crippen molar-refractivity contribution in [3.63, 3.8) is 0 Å². The Labute approximate surface area is 123 Å². The van der Waals surface area contributed by atoms with E-state index in [0.717, 1.165) is 38.1 Å². The third-order valence-electron chi connectivity index (χ3n) is 2.66. The van der Waals surface area contributed by atoms with Crippen LogP contribution in [0.15, 0.2) is 10.2 Å². The highest BCUT2D eigenvalue weighted by molar-refractivity contribution is 6.30. The summed E-state index contributed by atoms with van der Waals surface area (Å²) in [6.45, 7) is 4.54. The SMILES string of the molecule is CCCCCCCOC(=O)/N=N/C(=O)O[SiH2]CCCC. The van der Waals surface area contributed by atoms with E-state index >= 15 is 0 Å². The molecule has 0 atom stereocenters. The molecule has 0 rings (SSSR count). The maximum absolute atomic E-state index is 11.1. The van der Waals surface area contributed by atoms with Gasteiger partial charge in [-0.1, -0.05) is 62.6 Å². The minimum atomic E-state index is -0.875. The van der Waals surface area contributed by atoms with Crippen molar-refractivity contribution < 1.29 is 18.8 Å². The molecule has 7 heteroatoms. The molecule has 6 nitrogen and oxygen atoms in total. The molecule has 0 unspecified atom stereocenters. The number of carbonyl (C=O) groups is 2. The standard InChI is InChI=1S/C13H26N2O4Si/c1-3-5-7-8-9-10-18-12(16)14-15-13(17)19-20-11-6-4-2/h3-11,20H2,1-2H3/b15-14+. The van der Waals surface area contributed by atoms with E-state index in [2.05, 4.69) is 24.1 Å². The highest BCUT2D eigenvalue weighted by Gasteiger charge is 2.03. The molecule has 0 aliphatic carbocycles. The predicted molar refractivity (Wildman–Crippen MR) is 79.7 cm³/mol. The Morgan fingerprint density at radius 1 is 0.900 bits per heavy atom. The quantitative estimate of drug-likeness (QED) is 0.347. The van der Waals surface area contributed by atoms with Gasteiger partial charge in [0.1, 0.15) is 0 Å². The first kappa shape index (κ1) is 18.8. The summed E-state index contributed by atoms with van der Waals surface area (Å²) in [6, 6.07) is 0.931. The third-order valence-corrected chi connectivity index (χ3v) is 3.90. The number of hydrogen-bond donors (Lipinski definition) is 0. The van der Waals surface area contributed by atoms with Crippen molar-refractivity contribution in [2.24, 2.45) is 10.2 Å². The van der Waals surface area contributed by atoms with Crippen LogP contribution in [0.2, 0.25) is 6.04 Å². The van der Waals surface area contributed by atoms with E-state index in [4.69, 9.17) is 9.16 Å². The van der Waals surface area contributed by atoms with Gasteiger partial charge in [-0.25, -0.2) is 9.59 Å². The molecule has 0 aromatic rings. The summed E-state index contributed by atoms with van der Waals surface area (Å²) in [5.41, 5.74) is 0. The molecule has 0 radical (unpaired) electrons. The van der Waals surface area contributed by atoms with Crippen molar-refractivity contribution in [2.45, 2.75) is 64.8 Å². The zero-order valence-corrected chi connectivity index (χ0v) is 14.0. The van der Waals surface area contributed by atoms with Crippen molar-refractivity contribution in [2.75, 3.05) is 6.61 Å². The Morgan fingerprint density at radius 3 is 2.25 bits per heavy atom. The molecule has 0 fully saturated rings. The molecule has 0 aliphatic heterocycles. The maximum atomic E-state index is 11.1. The van der Waals surface area contributed by atoms with Crippen LogP contribution >= 0.6 is 0 Å². The summed E-state index contributed by atoms with van der Waals surface area (Å²) in [5, 5.41) is 6.34. The van der Waals surface area contributed by atoms with Gasteiger partial charge in [-0.2, -0.15) is 0 Å². The highest BCUT2D eigenvalue weighted by Crippen LogP contribution is 2.03. The molecule has 0 aromatic carbocycles. The van der Waals surface area contributed by atoms with Crippen LogP contribution in [0, 0.1) is 0 Å². The van der Waals surface area contributed by atoms with Crippen LogP contribution in [-0.4, -0.2) is 28.6 Å². The molecule has 0 aliphatic rings. The van der Waals surface area contributed by atoms with Crippen LogP contribution in [-0.2, 0) is 9.16 Å². The van der Waals surface area contributed by atoms with Crippen LogP contribution in [0.1, 0.15) is 58.8 Å². The average molecular weight is 302 g/mol. The first-order valence-corrected chi connectivity index (χ1v) is 9.03. The maximum Gasteiger partial charge on any atom is 0.452 e. The van der Waals surface area contributed by atoms with Gasteiger partial charge in [-0.05, 0) is 12.5 Å². The fourth-order valence-electron chi connectivity index (χ4n) is 1.52. The van der Waals surface area contributed by atoms with Gasteiger partial charge in [-0.15, -0.1) is 0 Å². The van der Waals surface area contributed by atoms with Gasteiger partial charge in [0.2, 0.25) is 9.76 Å². The van der Waals surface area contributed by atoms with E-state index in [-0.39, 0.29) is 0 Å². The molecule has 0 saturated heterocycles. The van der Waals surface area contributed by atoms with Gasteiger partial charge < -0.3 is 9.16 Å². The van der Waals surface area contributed by atoms with E-state index in [1.807, 2.05) is 0 Å². The summed E-state index contributed by atoms with van der Waals surface area (Å²) < 4.78 is 9.72. The second-order valence-electron chi connectivity index (χ2n) is 4.55. The number of amides is 2. The molecule has 0 N–H and O–H groups in total. The molecule has 2 amide bonds. The Hall–Kier alpha value is -1.24. The Morgan fingerprint density at radius 2 is 1.55 bits per heavy atom. The molecular weight excluding hydrogens is 276 g/mol. The molecule has 0 bridgehead atoms. The number of rotatable bonds is 10. The van der Waals surface area contributed by atoms with Crippen LogP contribution in [0.5, 0.6) is 0 Å². The van der Waals surface area contributed by atoms with Gasteiger partial charge in [0.05, 0.1) is 6.61 Å². The smallest absolute Gasteiger partial charge is 0.452 e. The zero-order chi connectivity index (χ0) is 15.1. The van der Waals surface area contributed by atoms with Crippen LogP contribution in [0.3, 0.4) is 0 Å². The topological polar surface area (TPSA) is 77.3 Å². The minimum Gasteiger partial charge on any atom is -0.507 e. The average Bonchev–Trinajstić information content (AvgIpc) is 2.45. The minimum absolute atomic E-state index is 0.321. The third kappa shape index (κ3) is 13.2. The van der Waals surface area contributed by atoms with Gasteiger partial charge in [0, 0.05) is 0 Å². The summed E-state index contributed by atoms with van der Waals surface area (Å²) in [5.74, 6) is 0. The van der Waals surface area contributed by atoms with Crippen LogP contribution in [0.25, 0.3) is 0 Å². The van der Waals surface area contributed by atoms with E-state index in [1.54, 1.807) is 0 Å². The lowest BCUT2D eigenvalue weighted by Crippen LogP contribution is -2.05. The Bertz CT molecular complexity index is 298. The lowest BCUT2D eigenvalue weighted by Gasteiger charge is -2.01. The first-order valence-electron chi connectivity index (χ1n) is 7.46. The van der Waals surface area contributed by atoms with E-state index < -0.39 is 21.9 Å². The molecule has 0 aromatic heterocycles. The Balaban J connectivity index is 3.53. The highest BCUT2D eigenvalue weighted by atomic mass is 28.2. The molecule has 20 heavy (non-hydrogen) atoms. The number of nitrogens with zero attached hydrogens (tertiary/aromatic N) is 2. The van der Waals surface area contributed by atoms with Crippen molar-refractivity contribution >= 4 is 21.9 Å². The van der Waals surface area contributed by atoms with Gasteiger partial charge in [-0.3, -0.25) is 0 Å². The van der Waals surface area contributed by atoms with Crippen molar-refractivity contribution in [3.05, 3.63) is 0 Å². The second kappa shape index (κ2) is 14.2. The van der Waals surface area contributed by atoms with Gasteiger partial charge >= 0.3 is 12.2 Å². The van der Waals surface area contributed by atoms with Crippen LogP contribution < -0.4 is 0 Å². The largest absolute Gasteiger partial charge is 0.507 e. The molecule has 0 saturated carbocycles. The Kier molecular flexibility index (Phi) is 13.3. The van der Waals surface area contributed by atoms with Crippen molar-refractivity contribution in [1.29, 1.82) is 0 Å². The molecule has 116 valence electrons. The van der Waals surface area contributed by atoms with E-state index in [1.165, 1.54) is 12.8 Å². The first-order chi connectivity index (χ1) is 9.70. The van der Waals surface area contributed by atoms with Crippen molar-refractivity contribution in [1.82, 2.24) is 0 Å². The number of azo groups is 1. The lowest BCUT2D eigenvalue weighted by molar-refractivity contribution is 0.152. The van der Waals surface area contributed by atoms with Crippen LogP contribution in [0.4, 0.5) is 9.59 Å². The fourth-order valence-corrected chi connectivity index (χ4v) is 2.60. The lowest BCUT2D eigenvalue weighted by atomic mass is 10.2. The molecule has 0 spiro atoms. The fraction of sp³-hybridized carbons (Fsp3) is 0.846. The summed E-state index contributed by atoms with van der Waals surface area (Å²) >= 11 is 0. The monoisotopic (exact) mass is 302 g/mol. The van der Waals surface area contributed by atoms with Crippen molar-refractivity contribution in [3.8, 4) is 0 Å². The summed E-state index contributed by atoms with van der Waals surface area (Å²) in [7, 11) is -0.875. The number of ether oxygens (including phenoxy) is 1. The van der Waals surface area contributed by atoms with E-state index in [9.17, 15) is 9.59 Å². The summed E-state index contributed by atoms with van der Waals surface area (Å²) in [6.07, 6.45) is 5.88.